The molecule has 39 heteroatoms. The number of nitrogens with zero attached hydrogens (tertiary/aromatic N) is 20. The molecule has 0 aliphatic heterocycles. The van der Waals surface area contributed by atoms with E-state index in [9.17, 15) is 32.8 Å². The first-order valence-electron chi connectivity index (χ1n) is 42.5. The Labute approximate surface area is 912 Å². The Kier molecular flexibility index (Phi) is 41.4. The molecule has 5 radical (unpaired) electrons. The summed E-state index contributed by atoms with van der Waals surface area (Å²) in [6, 6.07) is 62.5. The van der Waals surface area contributed by atoms with Crippen LogP contribution in [0.5, 0.6) is 40.2 Å². The Hall–Kier alpha value is -9.47. The molecule has 32 nitrogen and oxygen atoms in total. The monoisotopic (exact) mass is 2220 g/mol. The second-order valence-corrected chi connectivity index (χ2v) is 32.4. The third-order valence-electron chi connectivity index (χ3n) is 21.7. The molecule has 5 aromatic heterocycles. The van der Waals surface area contributed by atoms with Crippen molar-refractivity contribution in [2.75, 3.05) is 6.61 Å². The first kappa shape index (κ1) is 112. The zero-order chi connectivity index (χ0) is 93.8. The van der Waals surface area contributed by atoms with Crippen LogP contribution < -0.4 is 61.6 Å². The van der Waals surface area contributed by atoms with Crippen LogP contribution in [0.3, 0.4) is 0 Å². The summed E-state index contributed by atoms with van der Waals surface area (Å²) in [5.74, 6) is 2.04. The molecule has 2 aliphatic carbocycles. The maximum absolute atomic E-state index is 13.8. The smallest absolute Gasteiger partial charge is 0.368 e. The average molecular weight is 2220 g/mol. The number of aryl methyl sites for hydroxylation is 16. The van der Waals surface area contributed by atoms with Crippen molar-refractivity contribution in [2.24, 2.45) is 35.2 Å². The van der Waals surface area contributed by atoms with Crippen molar-refractivity contribution in [2.45, 2.75) is 173 Å². The molecule has 10 aromatic carbocycles. The molecule has 17 rings (SSSR count). The number of halogens is 2. The van der Waals surface area contributed by atoms with E-state index in [0.717, 1.165) is 122 Å². The van der Waals surface area contributed by atoms with E-state index in [1.54, 1.807) is 58.5 Å². The molecule has 15 aromatic rings. The fourth-order valence-electron chi connectivity index (χ4n) is 14.2. The number of tetrazole rings is 5. The first-order valence-corrected chi connectivity index (χ1v) is 42.5. The van der Waals surface area contributed by atoms with Crippen LogP contribution in [0.15, 0.2) is 176 Å². The summed E-state index contributed by atoms with van der Waals surface area (Å²) in [4.78, 5) is 61.5. The largest absolute Gasteiger partial charge is 0.514 e. The van der Waals surface area contributed by atoms with Gasteiger partial charge in [-0.15, -0.1) is 58.1 Å². The van der Waals surface area contributed by atoms with E-state index >= 15 is 0 Å². The van der Waals surface area contributed by atoms with Crippen molar-refractivity contribution in [3.05, 3.63) is 335 Å². The van der Waals surface area contributed by atoms with E-state index in [1.807, 2.05) is 212 Å². The maximum atomic E-state index is 13.8. The van der Waals surface area contributed by atoms with Gasteiger partial charge in [0.1, 0.15) is 44.5 Å². The Bertz CT molecular complexity index is 6970. The Morgan fingerprint density at radius 1 is 0.338 bits per heavy atom. The second-order valence-electron chi connectivity index (χ2n) is 32.4. The van der Waals surface area contributed by atoms with Crippen molar-refractivity contribution in [1.29, 1.82) is 0 Å². The molecule has 0 N–H and O–H groups in total. The minimum Gasteiger partial charge on any atom is -0.514 e. The van der Waals surface area contributed by atoms with Crippen LogP contribution in [0.4, 0.5) is 8.78 Å². The van der Waals surface area contributed by atoms with Crippen molar-refractivity contribution in [1.82, 2.24) is 99.0 Å². The number of rotatable bonds is 26. The van der Waals surface area contributed by atoms with E-state index < -0.39 is 17.5 Å². The number of alkyl halides is 2. The fourth-order valence-corrected chi connectivity index (χ4v) is 14.2. The predicted molar refractivity (Wildman–Crippen MR) is 484 cm³/mol. The van der Waals surface area contributed by atoms with E-state index in [4.69, 9.17) is 33.2 Å². The summed E-state index contributed by atoms with van der Waals surface area (Å²) < 4.78 is 81.6. The molecular formula is C97H103F2N20O12Y5-5. The Morgan fingerprint density at radius 2 is 0.596 bits per heavy atom. The molecule has 0 amide bonds. The SMILES string of the molecule is CCOc1cccc(-n2nnn(C)c2=O)c1COc1cc(C)[c-]cc1C.Cc1[c-]cc(C)c(OCc2c(C)cccc2-n2nnn(C)c2=O)c1.Cc1[c-]cc(C)c(OCc2c(C3CC3(F)F)cccc2-n2nnn(C)c2=O)c1.Cc1[c-]cc(C)c(OCc2c(C3CC3)cccc2-n2nnn(C)c2=O)c1.Cc1[c-]cc(C)c(OCc2c(OC(C)C)cccc2-n2nnn(C)c2=O)c1.[Y].[Y].[Y].[Y].[Y]. The maximum Gasteiger partial charge on any atom is 0.368 e. The molecule has 1 unspecified atom stereocenters. The molecule has 2 fully saturated rings. The van der Waals surface area contributed by atoms with E-state index in [1.165, 1.54) is 62.9 Å². The molecule has 0 saturated heterocycles. The summed E-state index contributed by atoms with van der Waals surface area (Å²) in [5, 5.41) is 38.6. The average Bonchev–Trinajstić information content (AvgIpc) is 1.59. The third kappa shape index (κ3) is 27.6. The quantitative estimate of drug-likeness (QED) is 0.0455. The third-order valence-corrected chi connectivity index (χ3v) is 21.7. The molecule has 0 spiro atoms. The molecule has 697 valence electrons. The van der Waals surface area contributed by atoms with Crippen LogP contribution in [-0.4, -0.2) is 118 Å². The van der Waals surface area contributed by atoms with Crippen LogP contribution in [0, 0.1) is 106 Å². The van der Waals surface area contributed by atoms with Crippen LogP contribution in [0.1, 0.15) is 152 Å². The molecule has 2 saturated carbocycles. The summed E-state index contributed by atoms with van der Waals surface area (Å²) in [6.45, 7) is 29.1. The van der Waals surface area contributed by atoms with Crippen LogP contribution in [0.2, 0.25) is 0 Å². The van der Waals surface area contributed by atoms with E-state index in [-0.39, 0.29) is 219 Å². The standard InChI is InChI=1S/C20H19F2N4O2.C20H23N4O3.C20H21N4O2.C19H21N4O3.C18H19N4O2.5Y/c1-12-7-8-13(2)18(9-12)28-11-15-14(16-10-20(16,21)22)5-4-6-17(15)26-19(27)25(3)23-24-26;1-13(2)27-18-8-6-7-17(24-20(25)23(5)21-22-24)16(18)12-26-19-11-14(3)9-10-15(19)4;1-13-7-8-14(2)19(11-13)26-12-17-16(15-9-10-15)5-4-6-18(17)24-20(25)23(3)21-22-24;1-5-25-17-8-6-7-16(23-19(24)22(4)20-21-23)15(17)12-26-18-11-13(2)9-10-14(18)3;1-12-8-9-14(3)17(10-12)24-11-15-13(2)6-5-7-16(15)22-18(23)21(4)19-20-22;;;;;/h4-6,8-9,16H,10-11H2,1-3H3;6-8,10-11,13H,12H2,1-5H3;4-6,8,11,15H,9-10,12H2,1-3H3;6-8,10-11H,5,12H2,1-4H3;5-7,9-10H,11H2,1-4H3;;;;;/q5*-1;;;;;. The molecule has 0 bridgehead atoms. The molecule has 1 atom stereocenters. The predicted octanol–water partition coefficient (Wildman–Crippen LogP) is 13.3. The minimum absolute atomic E-state index is 0. The topological polar surface area (TPSA) is 328 Å². The molecule has 136 heavy (non-hydrogen) atoms. The van der Waals surface area contributed by atoms with Crippen LogP contribution in [0.25, 0.3) is 28.4 Å². The Balaban J connectivity index is 0.000000207. The van der Waals surface area contributed by atoms with Crippen molar-refractivity contribution in [3.63, 3.8) is 0 Å². The summed E-state index contributed by atoms with van der Waals surface area (Å²) in [5.41, 5.74) is 17.8. The van der Waals surface area contributed by atoms with Gasteiger partial charge >= 0.3 is 28.4 Å². The number of ether oxygens (including phenoxy) is 7. The van der Waals surface area contributed by atoms with Crippen LogP contribution in [-0.2, 0) is 232 Å². The van der Waals surface area contributed by atoms with Gasteiger partial charge in [0.15, 0.2) is 0 Å². The van der Waals surface area contributed by atoms with E-state index in [2.05, 4.69) is 88.5 Å². The van der Waals surface area contributed by atoms with Gasteiger partial charge in [0, 0.05) is 251 Å². The zero-order valence-corrected chi connectivity index (χ0v) is 93.7. The fraction of sp³-hybridized carbons (Fsp3) is 0.330. The van der Waals surface area contributed by atoms with Gasteiger partial charge in [0.05, 0.1) is 58.2 Å². The van der Waals surface area contributed by atoms with Gasteiger partial charge in [-0.1, -0.05) is 118 Å². The number of aromatic nitrogens is 20. The van der Waals surface area contributed by atoms with Crippen molar-refractivity contribution >= 4 is 0 Å². The number of benzene rings is 10. The van der Waals surface area contributed by atoms with E-state index in [0.29, 0.717) is 76.9 Å². The van der Waals surface area contributed by atoms with Gasteiger partial charge < -0.3 is 33.2 Å². The zero-order valence-electron chi connectivity index (χ0n) is 79.5. The van der Waals surface area contributed by atoms with Gasteiger partial charge in [-0.25, -0.2) is 32.8 Å². The minimum atomic E-state index is -2.74. The number of hydrogen-bond donors (Lipinski definition) is 0. The van der Waals surface area contributed by atoms with Gasteiger partial charge in [0.25, 0.3) is 5.92 Å². The molecule has 2 aliphatic rings. The summed E-state index contributed by atoms with van der Waals surface area (Å²) >= 11 is 0. The number of hydrogen-bond acceptors (Lipinski definition) is 22. The van der Waals surface area contributed by atoms with Gasteiger partial charge in [-0.05, 0) is 158 Å². The van der Waals surface area contributed by atoms with Crippen molar-refractivity contribution in [3.8, 4) is 68.7 Å². The van der Waals surface area contributed by atoms with Crippen molar-refractivity contribution < 1.29 is 205 Å². The second kappa shape index (κ2) is 50.4. The van der Waals surface area contributed by atoms with Crippen LogP contribution >= 0.6 is 0 Å². The van der Waals surface area contributed by atoms with Gasteiger partial charge in [0.2, 0.25) is 0 Å². The summed E-state index contributed by atoms with van der Waals surface area (Å²) in [7, 11) is 7.77. The van der Waals surface area contributed by atoms with Gasteiger partial charge in [-0.2, -0.15) is 135 Å². The summed E-state index contributed by atoms with van der Waals surface area (Å²) in [6.07, 6.45) is 2.11. The molecule has 5 heterocycles. The normalized spacial score (nSPS) is 12.4. The molecular weight excluding hydrogens is 2120 g/mol. The first-order chi connectivity index (χ1) is 62.7. The van der Waals surface area contributed by atoms with Gasteiger partial charge in [-0.3, -0.25) is 0 Å². The Morgan fingerprint density at radius 3 is 0.882 bits per heavy atom.